The molecule has 0 radical (unpaired) electrons. The van der Waals surface area contributed by atoms with Crippen LogP contribution in [0.4, 0.5) is 0 Å². The summed E-state index contributed by atoms with van der Waals surface area (Å²) in [6.45, 7) is 2.58. The van der Waals surface area contributed by atoms with Gasteiger partial charge < -0.3 is 9.47 Å². The van der Waals surface area contributed by atoms with Crippen molar-refractivity contribution in [3.8, 4) is 0 Å². The highest BCUT2D eigenvalue weighted by molar-refractivity contribution is 7.53. The number of carbonyl (C=O) groups is 3. The van der Waals surface area contributed by atoms with Crippen molar-refractivity contribution in [3.63, 3.8) is 0 Å². The standard InChI is InChI=1S/C22H26NO9P/c1-17(29-21(25)19-10-5-3-6-11-19)31-33(28,15-9-14-23(27)16-24)32-18(2)30-22(26)20-12-7-4-8-13-20/h3-8,10-13,16-18,27H,9,14-15H2,1-2H3. The summed E-state index contributed by atoms with van der Waals surface area (Å²) in [5, 5.41) is 9.64. The first-order chi connectivity index (χ1) is 15.7. The number of carbonyl (C=O) groups excluding carboxylic acids is 3. The lowest BCUT2D eigenvalue weighted by atomic mass is 10.2. The molecule has 1 N–H and O–H groups in total. The third-order valence-corrected chi connectivity index (χ3v) is 6.22. The second-order valence-electron chi connectivity index (χ2n) is 6.85. The molecule has 2 aromatic rings. The van der Waals surface area contributed by atoms with Gasteiger partial charge in [-0.1, -0.05) is 36.4 Å². The van der Waals surface area contributed by atoms with Crippen LogP contribution >= 0.6 is 7.60 Å². The van der Waals surface area contributed by atoms with Crippen LogP contribution in [0, 0.1) is 0 Å². The van der Waals surface area contributed by atoms with Crippen molar-refractivity contribution in [2.24, 2.45) is 0 Å². The number of rotatable bonds is 13. The number of hydrogen-bond donors (Lipinski definition) is 1. The van der Waals surface area contributed by atoms with Gasteiger partial charge in [-0.3, -0.25) is 23.6 Å². The molecule has 11 heteroatoms. The molecule has 0 bridgehead atoms. The number of benzene rings is 2. The summed E-state index contributed by atoms with van der Waals surface area (Å²) < 4.78 is 34.5. The Balaban J connectivity index is 2.03. The van der Waals surface area contributed by atoms with Crippen molar-refractivity contribution in [1.82, 2.24) is 5.06 Å². The minimum Gasteiger partial charge on any atom is -0.432 e. The molecule has 33 heavy (non-hydrogen) atoms. The lowest BCUT2D eigenvalue weighted by Crippen LogP contribution is -2.24. The highest BCUT2D eigenvalue weighted by atomic mass is 31.2. The van der Waals surface area contributed by atoms with Crippen molar-refractivity contribution in [1.29, 1.82) is 0 Å². The first-order valence-corrected chi connectivity index (χ1v) is 11.8. The van der Waals surface area contributed by atoms with Crippen molar-refractivity contribution < 1.29 is 42.7 Å². The largest absolute Gasteiger partial charge is 0.432 e. The number of hydroxylamine groups is 2. The van der Waals surface area contributed by atoms with Gasteiger partial charge in [0.05, 0.1) is 17.3 Å². The predicted octanol–water partition coefficient (Wildman–Crippen LogP) is 3.86. The summed E-state index contributed by atoms with van der Waals surface area (Å²) in [4.78, 5) is 35.0. The Morgan fingerprint density at radius 1 is 0.909 bits per heavy atom. The quantitative estimate of drug-likeness (QED) is 0.114. The van der Waals surface area contributed by atoms with Gasteiger partial charge in [-0.25, -0.2) is 14.7 Å². The lowest BCUT2D eigenvalue weighted by molar-refractivity contribution is -0.149. The van der Waals surface area contributed by atoms with Crippen LogP contribution in [0.1, 0.15) is 41.0 Å². The summed E-state index contributed by atoms with van der Waals surface area (Å²) in [6.07, 6.45) is -2.56. The van der Waals surface area contributed by atoms with Crippen molar-refractivity contribution in [2.75, 3.05) is 12.7 Å². The number of hydrogen-bond acceptors (Lipinski definition) is 9. The molecule has 0 aromatic heterocycles. The molecule has 0 heterocycles. The van der Waals surface area contributed by atoms with E-state index in [9.17, 15) is 24.2 Å². The van der Waals surface area contributed by atoms with Gasteiger partial charge in [0.25, 0.3) is 0 Å². The minimum atomic E-state index is -4.00. The molecule has 0 saturated heterocycles. The van der Waals surface area contributed by atoms with E-state index < -0.39 is 32.1 Å². The number of amides is 1. The zero-order valence-corrected chi connectivity index (χ0v) is 19.1. The molecule has 2 atom stereocenters. The van der Waals surface area contributed by atoms with E-state index in [0.717, 1.165) is 0 Å². The van der Waals surface area contributed by atoms with E-state index in [1.807, 2.05) is 0 Å². The smallest absolute Gasteiger partial charge is 0.340 e. The van der Waals surface area contributed by atoms with Crippen LogP contribution in [0.15, 0.2) is 60.7 Å². The van der Waals surface area contributed by atoms with E-state index >= 15 is 0 Å². The maximum absolute atomic E-state index is 13.3. The first-order valence-electron chi connectivity index (χ1n) is 10.1. The summed E-state index contributed by atoms with van der Waals surface area (Å²) in [7, 11) is -4.00. The van der Waals surface area contributed by atoms with Gasteiger partial charge in [0, 0.05) is 6.54 Å². The lowest BCUT2D eigenvalue weighted by Gasteiger charge is -2.25. The third kappa shape index (κ3) is 9.15. The molecule has 10 nitrogen and oxygen atoms in total. The van der Waals surface area contributed by atoms with Gasteiger partial charge >= 0.3 is 19.5 Å². The zero-order chi connectivity index (χ0) is 24.3. The second kappa shape index (κ2) is 12.9. The summed E-state index contributed by atoms with van der Waals surface area (Å²) in [5.41, 5.74) is 0.548. The topological polar surface area (TPSA) is 129 Å². The van der Waals surface area contributed by atoms with Crippen molar-refractivity contribution >= 4 is 25.9 Å². The monoisotopic (exact) mass is 479 g/mol. The molecule has 0 spiro atoms. The normalized spacial score (nSPS) is 14.4. The fourth-order valence-corrected chi connectivity index (χ4v) is 4.47. The van der Waals surface area contributed by atoms with E-state index in [4.69, 9.17) is 18.5 Å². The number of esters is 2. The van der Waals surface area contributed by atoms with E-state index in [-0.39, 0.29) is 36.7 Å². The summed E-state index contributed by atoms with van der Waals surface area (Å²) in [6, 6.07) is 16.3. The highest BCUT2D eigenvalue weighted by Gasteiger charge is 2.32. The summed E-state index contributed by atoms with van der Waals surface area (Å²) >= 11 is 0. The molecule has 0 fully saturated rings. The van der Waals surface area contributed by atoms with Crippen LogP contribution in [-0.4, -0.2) is 53.9 Å². The van der Waals surface area contributed by atoms with Crippen LogP contribution in [0.2, 0.25) is 0 Å². The first kappa shape index (κ1) is 26.2. The molecule has 0 saturated carbocycles. The van der Waals surface area contributed by atoms with Gasteiger partial charge in [0.1, 0.15) is 0 Å². The molecule has 0 aliphatic rings. The second-order valence-corrected chi connectivity index (χ2v) is 8.94. The maximum atomic E-state index is 13.3. The number of ether oxygens (including phenoxy) is 2. The minimum absolute atomic E-state index is 0.0330. The molecular weight excluding hydrogens is 453 g/mol. The molecule has 0 aliphatic heterocycles. The van der Waals surface area contributed by atoms with Gasteiger partial charge in [-0.2, -0.15) is 0 Å². The molecule has 2 aromatic carbocycles. The maximum Gasteiger partial charge on any atom is 0.340 e. The average Bonchev–Trinajstić information content (AvgIpc) is 2.79. The zero-order valence-electron chi connectivity index (χ0n) is 18.2. The molecular formula is C22H26NO9P. The van der Waals surface area contributed by atoms with Crippen LogP contribution in [-0.2, 0) is 27.9 Å². The Morgan fingerprint density at radius 2 is 1.33 bits per heavy atom. The van der Waals surface area contributed by atoms with E-state index in [1.54, 1.807) is 60.7 Å². The predicted molar refractivity (Wildman–Crippen MR) is 116 cm³/mol. The Bertz CT molecular complexity index is 889. The van der Waals surface area contributed by atoms with Gasteiger partial charge in [0.2, 0.25) is 19.0 Å². The Kier molecular flexibility index (Phi) is 10.2. The van der Waals surface area contributed by atoms with Crippen LogP contribution in [0.5, 0.6) is 0 Å². The highest BCUT2D eigenvalue weighted by Crippen LogP contribution is 2.51. The molecule has 0 aliphatic carbocycles. The fraction of sp³-hybridized carbons (Fsp3) is 0.318. The Morgan fingerprint density at radius 3 is 1.73 bits per heavy atom. The SMILES string of the molecule is CC(OC(=O)c1ccccc1)OP(=O)(CCCN(O)C=O)OC(C)OC(=O)c1ccccc1. The van der Waals surface area contributed by atoms with E-state index in [2.05, 4.69) is 0 Å². The van der Waals surface area contributed by atoms with Gasteiger partial charge in [-0.05, 0) is 44.5 Å². The van der Waals surface area contributed by atoms with Crippen LogP contribution in [0.3, 0.4) is 0 Å². The van der Waals surface area contributed by atoms with Crippen LogP contribution in [0.25, 0.3) is 0 Å². The Labute approximate surface area is 191 Å². The van der Waals surface area contributed by atoms with Gasteiger partial charge in [0.15, 0.2) is 0 Å². The fourth-order valence-electron chi connectivity index (χ4n) is 2.69. The Hall–Kier alpha value is -3.04. The molecule has 2 unspecified atom stereocenters. The van der Waals surface area contributed by atoms with Crippen molar-refractivity contribution in [3.05, 3.63) is 71.8 Å². The van der Waals surface area contributed by atoms with E-state index in [0.29, 0.717) is 5.06 Å². The summed E-state index contributed by atoms with van der Waals surface area (Å²) in [5.74, 6) is -1.39. The van der Waals surface area contributed by atoms with Crippen LogP contribution < -0.4 is 0 Å². The third-order valence-electron chi connectivity index (χ3n) is 4.12. The number of nitrogens with zero attached hydrogens (tertiary/aromatic N) is 1. The molecule has 1 amide bonds. The molecule has 178 valence electrons. The van der Waals surface area contributed by atoms with Gasteiger partial charge in [-0.15, -0.1) is 0 Å². The van der Waals surface area contributed by atoms with E-state index in [1.165, 1.54) is 13.8 Å². The average molecular weight is 479 g/mol. The molecule has 2 rings (SSSR count). The van der Waals surface area contributed by atoms with Crippen molar-refractivity contribution in [2.45, 2.75) is 32.8 Å².